The van der Waals surface area contributed by atoms with Crippen molar-refractivity contribution in [1.29, 1.82) is 0 Å². The van der Waals surface area contributed by atoms with E-state index in [2.05, 4.69) is 24.1 Å². The number of hydrogen-bond acceptors (Lipinski definition) is 4. The Hall–Kier alpha value is -1.33. The molecule has 0 heterocycles. The van der Waals surface area contributed by atoms with Crippen molar-refractivity contribution >= 4 is 23.0 Å². The molecular formula is C15H24ClN3O2. The van der Waals surface area contributed by atoms with Crippen molar-refractivity contribution in [2.75, 3.05) is 26.0 Å². The lowest BCUT2D eigenvalue weighted by molar-refractivity contribution is -0.384. The van der Waals surface area contributed by atoms with Gasteiger partial charge in [0, 0.05) is 24.3 Å². The van der Waals surface area contributed by atoms with E-state index < -0.39 is 4.92 Å². The Bertz CT molecular complexity index is 494. The van der Waals surface area contributed by atoms with Gasteiger partial charge in [0.25, 0.3) is 5.69 Å². The number of likely N-dealkylation sites (N-methyl/N-ethyl adjacent to an activating group) is 1. The molecule has 0 spiro atoms. The summed E-state index contributed by atoms with van der Waals surface area (Å²) in [5.74, 6) is 0.566. The molecule has 6 heteroatoms. The minimum atomic E-state index is -0.454. The second-order valence-corrected chi connectivity index (χ2v) is 6.52. The lowest BCUT2D eigenvalue weighted by Crippen LogP contribution is -2.33. The lowest BCUT2D eigenvalue weighted by atomic mass is 10.0. The van der Waals surface area contributed by atoms with Crippen LogP contribution in [0.15, 0.2) is 12.1 Å². The third kappa shape index (κ3) is 5.52. The first-order valence-electron chi connectivity index (χ1n) is 7.06. The number of halogens is 1. The maximum Gasteiger partial charge on any atom is 0.288 e. The maximum absolute atomic E-state index is 10.9. The summed E-state index contributed by atoms with van der Waals surface area (Å²) < 4.78 is 0. The average Bonchev–Trinajstić information content (AvgIpc) is 2.31. The molecule has 1 atom stereocenters. The molecule has 0 saturated heterocycles. The van der Waals surface area contributed by atoms with E-state index in [1.165, 1.54) is 6.07 Å². The topological polar surface area (TPSA) is 58.4 Å². The Morgan fingerprint density at radius 1 is 1.38 bits per heavy atom. The number of nitrogens with zero attached hydrogens (tertiary/aromatic N) is 2. The number of nitro benzene ring substituents is 1. The summed E-state index contributed by atoms with van der Waals surface area (Å²) in [6, 6.07) is 3.45. The highest BCUT2D eigenvalue weighted by atomic mass is 35.5. The van der Waals surface area contributed by atoms with Gasteiger partial charge in [-0.2, -0.15) is 0 Å². The van der Waals surface area contributed by atoms with Crippen LogP contribution in [0.1, 0.15) is 25.8 Å². The van der Waals surface area contributed by atoms with E-state index in [-0.39, 0.29) is 16.8 Å². The number of hydrogen-bond donors (Lipinski definition) is 1. The smallest absolute Gasteiger partial charge is 0.288 e. The van der Waals surface area contributed by atoms with Gasteiger partial charge < -0.3 is 10.2 Å². The second kappa shape index (κ2) is 7.61. The highest BCUT2D eigenvalue weighted by Gasteiger charge is 2.18. The molecule has 1 rings (SSSR count). The first-order chi connectivity index (χ1) is 9.70. The number of anilines is 1. The molecule has 5 nitrogen and oxygen atoms in total. The van der Waals surface area contributed by atoms with Crippen LogP contribution in [0.4, 0.5) is 11.4 Å². The molecule has 1 unspecified atom stereocenters. The summed E-state index contributed by atoms with van der Waals surface area (Å²) in [6.45, 7) is 7.11. The molecule has 118 valence electrons. The molecule has 1 aromatic carbocycles. The quantitative estimate of drug-likeness (QED) is 0.612. The van der Waals surface area contributed by atoms with Gasteiger partial charge >= 0.3 is 0 Å². The molecule has 0 bridgehead atoms. The fraction of sp³-hybridized carbons (Fsp3) is 0.600. The minimum Gasteiger partial charge on any atom is -0.381 e. The zero-order chi connectivity index (χ0) is 16.2. The Labute approximate surface area is 131 Å². The van der Waals surface area contributed by atoms with Gasteiger partial charge in [0.1, 0.15) is 5.02 Å². The van der Waals surface area contributed by atoms with E-state index in [0.717, 1.165) is 24.2 Å². The monoisotopic (exact) mass is 313 g/mol. The van der Waals surface area contributed by atoms with Crippen LogP contribution in [0.25, 0.3) is 0 Å². The predicted octanol–water partition coefficient (Wildman–Crippen LogP) is 3.94. The average molecular weight is 314 g/mol. The van der Waals surface area contributed by atoms with Crippen LogP contribution >= 0.6 is 11.6 Å². The van der Waals surface area contributed by atoms with Gasteiger partial charge in [-0.25, -0.2) is 0 Å². The zero-order valence-corrected chi connectivity index (χ0v) is 14.1. The molecule has 0 aliphatic heterocycles. The van der Waals surface area contributed by atoms with E-state index >= 15 is 0 Å². The second-order valence-electron chi connectivity index (χ2n) is 6.11. The highest BCUT2D eigenvalue weighted by Crippen LogP contribution is 2.31. The molecule has 0 fully saturated rings. The maximum atomic E-state index is 10.9. The molecule has 0 radical (unpaired) electrons. The molecule has 1 aromatic rings. The summed E-state index contributed by atoms with van der Waals surface area (Å²) in [7, 11) is 4.06. The van der Waals surface area contributed by atoms with Gasteiger partial charge in [-0.05, 0) is 45.0 Å². The molecular weight excluding hydrogens is 290 g/mol. The molecule has 21 heavy (non-hydrogen) atoms. The van der Waals surface area contributed by atoms with Crippen LogP contribution in [-0.2, 0) is 0 Å². The molecule has 0 aromatic heterocycles. The first-order valence-corrected chi connectivity index (χ1v) is 7.44. The highest BCUT2D eigenvalue weighted by molar-refractivity contribution is 6.33. The van der Waals surface area contributed by atoms with E-state index in [1.54, 1.807) is 6.07 Å². The summed E-state index contributed by atoms with van der Waals surface area (Å²) >= 11 is 6.00. The van der Waals surface area contributed by atoms with Crippen LogP contribution in [-0.4, -0.2) is 36.5 Å². The van der Waals surface area contributed by atoms with Gasteiger partial charge in [-0.15, -0.1) is 0 Å². The van der Waals surface area contributed by atoms with Crippen LogP contribution in [0.3, 0.4) is 0 Å². The summed E-state index contributed by atoms with van der Waals surface area (Å²) in [6.07, 6.45) is 1.02. The minimum absolute atomic E-state index is 0.0484. The standard InChI is InChI=1S/C15H24ClN3O2/c1-10(2)6-12(9-18(4)5)17-14-8-13(16)15(19(20)21)7-11(14)3/h7-8,10,12,17H,6,9H2,1-5H3. The predicted molar refractivity (Wildman–Crippen MR) is 88.3 cm³/mol. The summed E-state index contributed by atoms with van der Waals surface area (Å²) in [4.78, 5) is 12.6. The van der Waals surface area contributed by atoms with Crippen molar-refractivity contribution in [3.8, 4) is 0 Å². The fourth-order valence-corrected chi connectivity index (χ4v) is 2.60. The Balaban J connectivity index is 2.98. The third-order valence-electron chi connectivity index (χ3n) is 3.19. The Kier molecular flexibility index (Phi) is 6.42. The van der Waals surface area contributed by atoms with Crippen molar-refractivity contribution in [3.63, 3.8) is 0 Å². The van der Waals surface area contributed by atoms with Crippen LogP contribution in [0.2, 0.25) is 5.02 Å². The lowest BCUT2D eigenvalue weighted by Gasteiger charge is -2.25. The molecule has 0 amide bonds. The SMILES string of the molecule is Cc1cc([N+](=O)[O-])c(Cl)cc1NC(CC(C)C)CN(C)C. The number of nitro groups is 1. The van der Waals surface area contributed by atoms with Gasteiger partial charge in [0.05, 0.1) is 4.92 Å². The van der Waals surface area contributed by atoms with Crippen LogP contribution in [0, 0.1) is 23.0 Å². The number of aryl methyl sites for hydroxylation is 1. The molecule has 0 saturated carbocycles. The van der Waals surface area contributed by atoms with Gasteiger partial charge in [-0.3, -0.25) is 10.1 Å². The summed E-state index contributed by atoms with van der Waals surface area (Å²) in [5.41, 5.74) is 1.64. The van der Waals surface area contributed by atoms with Crippen molar-refractivity contribution < 1.29 is 4.92 Å². The summed E-state index contributed by atoms with van der Waals surface area (Å²) in [5, 5.41) is 14.5. The van der Waals surface area contributed by atoms with Crippen molar-refractivity contribution in [2.24, 2.45) is 5.92 Å². The molecule has 1 N–H and O–H groups in total. The first kappa shape index (κ1) is 17.7. The normalized spacial score (nSPS) is 12.8. The van der Waals surface area contributed by atoms with E-state index in [1.807, 2.05) is 21.0 Å². The number of nitrogens with one attached hydrogen (secondary N) is 1. The number of rotatable bonds is 7. The molecule has 0 aliphatic rings. The van der Waals surface area contributed by atoms with E-state index in [4.69, 9.17) is 11.6 Å². The van der Waals surface area contributed by atoms with Crippen molar-refractivity contribution in [2.45, 2.75) is 33.2 Å². The number of benzene rings is 1. The van der Waals surface area contributed by atoms with Crippen molar-refractivity contribution in [3.05, 3.63) is 32.8 Å². The van der Waals surface area contributed by atoms with E-state index in [0.29, 0.717) is 5.92 Å². The van der Waals surface area contributed by atoms with Gasteiger partial charge in [0.15, 0.2) is 0 Å². The van der Waals surface area contributed by atoms with E-state index in [9.17, 15) is 10.1 Å². The van der Waals surface area contributed by atoms with Gasteiger partial charge in [-0.1, -0.05) is 25.4 Å². The van der Waals surface area contributed by atoms with Crippen LogP contribution in [0.5, 0.6) is 0 Å². The van der Waals surface area contributed by atoms with Gasteiger partial charge in [0.2, 0.25) is 0 Å². The molecule has 0 aliphatic carbocycles. The van der Waals surface area contributed by atoms with Crippen molar-refractivity contribution in [1.82, 2.24) is 4.90 Å². The van der Waals surface area contributed by atoms with Crippen LogP contribution < -0.4 is 5.32 Å². The largest absolute Gasteiger partial charge is 0.381 e. The zero-order valence-electron chi connectivity index (χ0n) is 13.3. The Morgan fingerprint density at radius 3 is 2.48 bits per heavy atom. The fourth-order valence-electron chi connectivity index (χ4n) is 2.37. The Morgan fingerprint density at radius 2 is 2.00 bits per heavy atom. The third-order valence-corrected chi connectivity index (χ3v) is 3.49.